The van der Waals surface area contributed by atoms with E-state index in [1.807, 2.05) is 0 Å². The number of phenolic OH excluding ortho intramolecular Hbond substituents is 1. The van der Waals surface area contributed by atoms with Crippen LogP contribution >= 0.6 is 0 Å². The number of phenols is 1. The fourth-order valence-corrected chi connectivity index (χ4v) is 2.28. The van der Waals surface area contributed by atoms with Crippen molar-refractivity contribution >= 4 is 11.9 Å². The molecule has 2 aromatic rings. The quantitative estimate of drug-likeness (QED) is 0.786. The molecule has 1 atom stereocenters. The number of methoxy groups -OCH3 is 1. The van der Waals surface area contributed by atoms with Crippen LogP contribution in [0, 0.1) is 17.6 Å². The fraction of sp³-hybridized carbons (Fsp3) is 0.222. The maximum absolute atomic E-state index is 13.2. The van der Waals surface area contributed by atoms with Crippen LogP contribution in [0.3, 0.4) is 0 Å². The third-order valence-electron chi connectivity index (χ3n) is 3.64. The van der Waals surface area contributed by atoms with Crippen LogP contribution in [-0.4, -0.2) is 30.6 Å². The number of carbonyl (C=O) groups is 2. The number of carbonyl (C=O) groups excluding carboxylic acids is 2. The van der Waals surface area contributed by atoms with Crippen LogP contribution in [0.1, 0.15) is 15.9 Å². The van der Waals surface area contributed by atoms with Crippen LogP contribution in [0.15, 0.2) is 42.5 Å². The first-order valence-electron chi connectivity index (χ1n) is 7.49. The molecule has 5 nitrogen and oxygen atoms in total. The second-order valence-corrected chi connectivity index (χ2v) is 5.43. The van der Waals surface area contributed by atoms with E-state index >= 15 is 0 Å². The molecule has 0 saturated heterocycles. The lowest BCUT2D eigenvalue weighted by Crippen LogP contribution is -2.34. The van der Waals surface area contributed by atoms with E-state index in [-0.39, 0.29) is 24.3 Å². The minimum Gasteiger partial charge on any atom is -0.508 e. The fourth-order valence-electron chi connectivity index (χ4n) is 2.28. The first-order chi connectivity index (χ1) is 11.9. The number of hydrogen-bond acceptors (Lipinski definition) is 4. The maximum atomic E-state index is 13.2. The average Bonchev–Trinajstić information content (AvgIpc) is 2.61. The monoisotopic (exact) mass is 349 g/mol. The topological polar surface area (TPSA) is 75.6 Å². The molecule has 7 heteroatoms. The lowest BCUT2D eigenvalue weighted by molar-refractivity contribution is -0.145. The van der Waals surface area contributed by atoms with Crippen LogP contribution in [0.2, 0.25) is 0 Å². The van der Waals surface area contributed by atoms with Crippen molar-refractivity contribution in [3.05, 3.63) is 65.2 Å². The Morgan fingerprint density at radius 1 is 1.12 bits per heavy atom. The first kappa shape index (κ1) is 18.4. The van der Waals surface area contributed by atoms with Gasteiger partial charge in [0.15, 0.2) is 11.6 Å². The van der Waals surface area contributed by atoms with Crippen molar-refractivity contribution in [2.75, 3.05) is 13.7 Å². The number of aromatic hydroxyl groups is 1. The summed E-state index contributed by atoms with van der Waals surface area (Å²) in [4.78, 5) is 23.9. The molecule has 0 aliphatic heterocycles. The normalized spacial score (nSPS) is 11.6. The summed E-state index contributed by atoms with van der Waals surface area (Å²) in [5.41, 5.74) is 0.724. The molecule has 2 N–H and O–H groups in total. The molecule has 0 bridgehead atoms. The van der Waals surface area contributed by atoms with Gasteiger partial charge in [0, 0.05) is 12.1 Å². The number of nitrogens with one attached hydrogen (secondary N) is 1. The summed E-state index contributed by atoms with van der Waals surface area (Å²) in [6.07, 6.45) is 0.283. The molecular weight excluding hydrogens is 332 g/mol. The highest BCUT2D eigenvalue weighted by Gasteiger charge is 2.21. The summed E-state index contributed by atoms with van der Waals surface area (Å²) in [5.74, 6) is -3.87. The van der Waals surface area contributed by atoms with Crippen LogP contribution in [0.4, 0.5) is 8.78 Å². The Morgan fingerprint density at radius 2 is 1.80 bits per heavy atom. The largest absolute Gasteiger partial charge is 0.508 e. The summed E-state index contributed by atoms with van der Waals surface area (Å²) < 4.78 is 30.8. The van der Waals surface area contributed by atoms with E-state index in [0.29, 0.717) is 0 Å². The van der Waals surface area contributed by atoms with Gasteiger partial charge in [0.05, 0.1) is 13.0 Å². The zero-order valence-electron chi connectivity index (χ0n) is 13.5. The van der Waals surface area contributed by atoms with E-state index < -0.39 is 29.4 Å². The van der Waals surface area contributed by atoms with Gasteiger partial charge in [-0.25, -0.2) is 8.78 Å². The number of halogens is 2. The molecule has 0 aliphatic rings. The van der Waals surface area contributed by atoms with E-state index in [1.54, 1.807) is 12.1 Å². The highest BCUT2D eigenvalue weighted by Crippen LogP contribution is 2.15. The lowest BCUT2D eigenvalue weighted by Gasteiger charge is -2.16. The first-order valence-corrected chi connectivity index (χ1v) is 7.49. The van der Waals surface area contributed by atoms with Gasteiger partial charge >= 0.3 is 5.97 Å². The second kappa shape index (κ2) is 8.23. The zero-order chi connectivity index (χ0) is 18.4. The lowest BCUT2D eigenvalue weighted by atomic mass is 9.99. The molecule has 0 radical (unpaired) electrons. The van der Waals surface area contributed by atoms with Gasteiger partial charge in [0.25, 0.3) is 5.91 Å². The molecule has 2 rings (SSSR count). The van der Waals surface area contributed by atoms with Crippen LogP contribution < -0.4 is 5.32 Å². The highest BCUT2D eigenvalue weighted by molar-refractivity contribution is 5.94. The van der Waals surface area contributed by atoms with Crippen molar-refractivity contribution in [3.63, 3.8) is 0 Å². The molecule has 0 aromatic heterocycles. The van der Waals surface area contributed by atoms with Crippen molar-refractivity contribution in [2.24, 2.45) is 5.92 Å². The number of benzene rings is 2. The van der Waals surface area contributed by atoms with E-state index in [2.05, 4.69) is 5.32 Å². The summed E-state index contributed by atoms with van der Waals surface area (Å²) in [6.45, 7) is -0.0363. The molecule has 0 spiro atoms. The highest BCUT2D eigenvalue weighted by atomic mass is 19.2. The summed E-state index contributed by atoms with van der Waals surface area (Å²) in [7, 11) is 1.24. The van der Waals surface area contributed by atoms with Crippen LogP contribution in [0.5, 0.6) is 5.75 Å². The molecular formula is C18H17F2NO4. The minimum absolute atomic E-state index is 0.0363. The van der Waals surface area contributed by atoms with Crippen molar-refractivity contribution in [1.29, 1.82) is 0 Å². The number of ether oxygens (including phenoxy) is 1. The molecule has 132 valence electrons. The Balaban J connectivity index is 2.03. The second-order valence-electron chi connectivity index (χ2n) is 5.43. The van der Waals surface area contributed by atoms with Gasteiger partial charge in [0.2, 0.25) is 0 Å². The predicted octanol–water partition coefficient (Wildman–Crippen LogP) is 2.43. The molecule has 0 saturated carbocycles. The average molecular weight is 349 g/mol. The number of amides is 1. The molecule has 0 heterocycles. The standard InChI is InChI=1S/C18H17F2NO4/c1-25-18(24)13(8-11-2-5-14(22)6-3-11)10-21-17(23)12-4-7-15(19)16(20)9-12/h2-7,9,13,22H,8,10H2,1H3,(H,21,23)/t13-/m0/s1. The molecule has 2 aromatic carbocycles. The Hall–Kier alpha value is -2.96. The number of rotatable bonds is 6. The summed E-state index contributed by atoms with van der Waals surface area (Å²) in [6, 6.07) is 9.09. The molecule has 0 unspecified atom stereocenters. The van der Waals surface area contributed by atoms with Crippen molar-refractivity contribution in [3.8, 4) is 5.75 Å². The van der Waals surface area contributed by atoms with E-state index in [9.17, 15) is 23.5 Å². The van der Waals surface area contributed by atoms with E-state index in [4.69, 9.17) is 4.74 Å². The van der Waals surface area contributed by atoms with E-state index in [1.165, 1.54) is 19.2 Å². The smallest absolute Gasteiger partial charge is 0.310 e. The zero-order valence-corrected chi connectivity index (χ0v) is 13.5. The Morgan fingerprint density at radius 3 is 2.40 bits per heavy atom. The van der Waals surface area contributed by atoms with Gasteiger partial charge in [0.1, 0.15) is 5.75 Å². The molecule has 0 fully saturated rings. The molecule has 1 amide bonds. The van der Waals surface area contributed by atoms with Crippen molar-refractivity contribution < 1.29 is 28.2 Å². The van der Waals surface area contributed by atoms with Gasteiger partial charge in [-0.3, -0.25) is 9.59 Å². The Labute approximate surface area is 143 Å². The van der Waals surface area contributed by atoms with Crippen molar-refractivity contribution in [1.82, 2.24) is 5.32 Å². The minimum atomic E-state index is -1.12. The van der Waals surface area contributed by atoms with Gasteiger partial charge in [-0.2, -0.15) is 0 Å². The van der Waals surface area contributed by atoms with Gasteiger partial charge in [-0.1, -0.05) is 12.1 Å². The third kappa shape index (κ3) is 5.00. The van der Waals surface area contributed by atoms with Crippen LogP contribution in [-0.2, 0) is 16.0 Å². The summed E-state index contributed by atoms with van der Waals surface area (Å²) in [5, 5.41) is 11.8. The van der Waals surface area contributed by atoms with Crippen LogP contribution in [0.25, 0.3) is 0 Å². The van der Waals surface area contributed by atoms with Gasteiger partial charge in [-0.15, -0.1) is 0 Å². The predicted molar refractivity (Wildman–Crippen MR) is 86.0 cm³/mol. The Bertz CT molecular complexity index is 762. The number of hydrogen-bond donors (Lipinski definition) is 2. The SMILES string of the molecule is COC(=O)[C@H](CNC(=O)c1ccc(F)c(F)c1)Cc1ccc(O)cc1. The molecule has 25 heavy (non-hydrogen) atoms. The van der Waals surface area contributed by atoms with Gasteiger partial charge in [-0.05, 0) is 42.3 Å². The number of esters is 1. The molecule has 0 aliphatic carbocycles. The van der Waals surface area contributed by atoms with Crippen molar-refractivity contribution in [2.45, 2.75) is 6.42 Å². The Kier molecular flexibility index (Phi) is 6.05. The third-order valence-corrected chi connectivity index (χ3v) is 3.64. The van der Waals surface area contributed by atoms with E-state index in [0.717, 1.165) is 23.8 Å². The summed E-state index contributed by atoms with van der Waals surface area (Å²) >= 11 is 0. The maximum Gasteiger partial charge on any atom is 0.310 e. The van der Waals surface area contributed by atoms with Gasteiger partial charge < -0.3 is 15.2 Å².